The van der Waals surface area contributed by atoms with Gasteiger partial charge in [0.2, 0.25) is 15.9 Å². The zero-order valence-corrected chi connectivity index (χ0v) is 12.8. The maximum Gasteiger partial charge on any atom is 0.240 e. The van der Waals surface area contributed by atoms with E-state index in [9.17, 15) is 8.42 Å². The van der Waals surface area contributed by atoms with Crippen molar-refractivity contribution in [1.29, 1.82) is 0 Å². The summed E-state index contributed by atoms with van der Waals surface area (Å²) >= 11 is 0. The summed E-state index contributed by atoms with van der Waals surface area (Å²) in [6.07, 6.45) is 0.355. The van der Waals surface area contributed by atoms with Crippen molar-refractivity contribution in [2.45, 2.75) is 24.8 Å². The Morgan fingerprint density at radius 3 is 2.71 bits per heavy atom. The van der Waals surface area contributed by atoms with Crippen LogP contribution in [-0.4, -0.2) is 32.2 Å². The average molecular weight is 310 g/mol. The largest absolute Gasteiger partial charge is 0.339 e. The van der Waals surface area contributed by atoms with Crippen molar-refractivity contribution in [2.75, 3.05) is 13.6 Å². The van der Waals surface area contributed by atoms with E-state index in [1.54, 1.807) is 32.2 Å². The second-order valence-electron chi connectivity index (χ2n) is 4.52. The zero-order valence-electron chi connectivity index (χ0n) is 12.0. The SMILES string of the molecule is CNCc1ccccc1S(=O)(=O)NCCc1nc(C)no1. The molecule has 0 spiro atoms. The Balaban J connectivity index is 2.04. The lowest BCUT2D eigenvalue weighted by Gasteiger charge is -2.10. The molecule has 0 saturated heterocycles. The molecule has 21 heavy (non-hydrogen) atoms. The lowest BCUT2D eigenvalue weighted by atomic mass is 10.2. The van der Waals surface area contributed by atoms with Gasteiger partial charge in [0.1, 0.15) is 0 Å². The lowest BCUT2D eigenvalue weighted by molar-refractivity contribution is 0.375. The van der Waals surface area contributed by atoms with E-state index in [2.05, 4.69) is 20.2 Å². The molecule has 7 nitrogen and oxygen atoms in total. The summed E-state index contributed by atoms with van der Waals surface area (Å²) in [5.74, 6) is 0.950. The Morgan fingerprint density at radius 1 is 1.29 bits per heavy atom. The van der Waals surface area contributed by atoms with Gasteiger partial charge in [-0.2, -0.15) is 4.98 Å². The first-order valence-electron chi connectivity index (χ1n) is 6.54. The molecule has 2 N–H and O–H groups in total. The number of sulfonamides is 1. The van der Waals surface area contributed by atoms with E-state index in [-0.39, 0.29) is 11.4 Å². The molecule has 0 unspecified atom stereocenters. The molecule has 1 aromatic heterocycles. The Bertz CT molecular complexity index is 697. The molecule has 0 aliphatic rings. The Kier molecular flexibility index (Phi) is 5.05. The molecule has 1 aromatic carbocycles. The molecule has 0 amide bonds. The predicted molar refractivity (Wildman–Crippen MR) is 77.1 cm³/mol. The van der Waals surface area contributed by atoms with Crippen molar-refractivity contribution in [3.05, 3.63) is 41.5 Å². The number of rotatable bonds is 7. The number of hydrogen-bond donors (Lipinski definition) is 2. The minimum absolute atomic E-state index is 0.206. The van der Waals surface area contributed by atoms with Crippen molar-refractivity contribution >= 4 is 10.0 Å². The maximum atomic E-state index is 12.3. The van der Waals surface area contributed by atoms with Crippen LogP contribution in [0.5, 0.6) is 0 Å². The summed E-state index contributed by atoms with van der Waals surface area (Å²) in [6.45, 7) is 2.41. The number of aromatic nitrogens is 2. The molecule has 8 heteroatoms. The molecule has 1 heterocycles. The van der Waals surface area contributed by atoms with Gasteiger partial charge in [0.05, 0.1) is 4.90 Å². The quantitative estimate of drug-likeness (QED) is 0.778. The highest BCUT2D eigenvalue weighted by atomic mass is 32.2. The fraction of sp³-hybridized carbons (Fsp3) is 0.385. The van der Waals surface area contributed by atoms with Crippen molar-refractivity contribution < 1.29 is 12.9 Å². The van der Waals surface area contributed by atoms with Gasteiger partial charge in [-0.05, 0) is 25.6 Å². The van der Waals surface area contributed by atoms with Crippen LogP contribution >= 0.6 is 0 Å². The molecule has 0 saturated carbocycles. The molecule has 0 bridgehead atoms. The molecular weight excluding hydrogens is 292 g/mol. The van der Waals surface area contributed by atoms with E-state index in [1.165, 1.54) is 0 Å². The van der Waals surface area contributed by atoms with Crippen LogP contribution in [0.2, 0.25) is 0 Å². The number of nitrogens with zero attached hydrogens (tertiary/aromatic N) is 2. The van der Waals surface area contributed by atoms with Gasteiger partial charge in [-0.25, -0.2) is 13.1 Å². The average Bonchev–Trinajstić information content (AvgIpc) is 2.85. The van der Waals surface area contributed by atoms with Gasteiger partial charge in [0.25, 0.3) is 0 Å². The third-order valence-corrected chi connectivity index (χ3v) is 4.39. The molecule has 0 atom stereocenters. The van der Waals surface area contributed by atoms with Crippen molar-refractivity contribution in [1.82, 2.24) is 20.2 Å². The topological polar surface area (TPSA) is 97.1 Å². The van der Waals surface area contributed by atoms with E-state index in [4.69, 9.17) is 4.52 Å². The number of aryl methyl sites for hydroxylation is 1. The van der Waals surface area contributed by atoms with Crippen molar-refractivity contribution in [2.24, 2.45) is 0 Å². The molecule has 0 fully saturated rings. The molecule has 0 aliphatic carbocycles. The van der Waals surface area contributed by atoms with Crippen LogP contribution < -0.4 is 10.0 Å². The molecule has 0 aliphatic heterocycles. The van der Waals surface area contributed by atoms with Gasteiger partial charge < -0.3 is 9.84 Å². The lowest BCUT2D eigenvalue weighted by Crippen LogP contribution is -2.27. The molecule has 2 aromatic rings. The van der Waals surface area contributed by atoms with Gasteiger partial charge in [0, 0.05) is 19.5 Å². The van der Waals surface area contributed by atoms with Crippen molar-refractivity contribution in [3.63, 3.8) is 0 Å². The predicted octanol–water partition coefficient (Wildman–Crippen LogP) is 0.618. The van der Waals surface area contributed by atoms with Gasteiger partial charge in [0.15, 0.2) is 5.82 Å². The van der Waals surface area contributed by atoms with Crippen LogP contribution in [0.4, 0.5) is 0 Å². The minimum Gasteiger partial charge on any atom is -0.339 e. The summed E-state index contributed by atoms with van der Waals surface area (Å²) < 4.78 is 32.1. The fourth-order valence-electron chi connectivity index (χ4n) is 1.91. The first kappa shape index (κ1) is 15.6. The monoisotopic (exact) mass is 310 g/mol. The van der Waals surface area contributed by atoms with Gasteiger partial charge in [-0.3, -0.25) is 0 Å². The molecular formula is C13H18N4O3S. The normalized spacial score (nSPS) is 11.7. The number of benzene rings is 1. The van der Waals surface area contributed by atoms with Crippen LogP contribution in [-0.2, 0) is 23.0 Å². The standard InChI is InChI=1S/C13H18N4O3S/c1-10-16-13(20-17-10)7-8-15-21(18,19)12-6-4-3-5-11(12)9-14-2/h3-6,14-15H,7-9H2,1-2H3. The minimum atomic E-state index is -3.56. The van der Waals surface area contributed by atoms with Crippen LogP contribution in [0, 0.1) is 6.92 Å². The van der Waals surface area contributed by atoms with Gasteiger partial charge in [-0.15, -0.1) is 0 Å². The van der Waals surface area contributed by atoms with Gasteiger partial charge >= 0.3 is 0 Å². The summed E-state index contributed by atoms with van der Waals surface area (Å²) in [4.78, 5) is 4.31. The van der Waals surface area contributed by atoms with Crippen molar-refractivity contribution in [3.8, 4) is 0 Å². The maximum absolute atomic E-state index is 12.3. The van der Waals surface area contributed by atoms with Crippen LogP contribution in [0.1, 0.15) is 17.3 Å². The first-order chi connectivity index (χ1) is 10.0. The third-order valence-electron chi connectivity index (χ3n) is 2.83. The van der Waals surface area contributed by atoms with Crippen LogP contribution in [0.25, 0.3) is 0 Å². The van der Waals surface area contributed by atoms with E-state index >= 15 is 0 Å². The second-order valence-corrected chi connectivity index (χ2v) is 6.26. The second kappa shape index (κ2) is 6.79. The Labute approximate surface area is 123 Å². The Morgan fingerprint density at radius 2 is 2.05 bits per heavy atom. The number of hydrogen-bond acceptors (Lipinski definition) is 6. The van der Waals surface area contributed by atoms with E-state index in [0.29, 0.717) is 24.7 Å². The van der Waals surface area contributed by atoms with E-state index in [0.717, 1.165) is 5.56 Å². The van der Waals surface area contributed by atoms with Gasteiger partial charge in [-0.1, -0.05) is 23.4 Å². The third kappa shape index (κ3) is 4.10. The highest BCUT2D eigenvalue weighted by molar-refractivity contribution is 7.89. The smallest absolute Gasteiger partial charge is 0.240 e. The summed E-state index contributed by atoms with van der Waals surface area (Å²) in [5, 5.41) is 6.61. The zero-order chi connectivity index (χ0) is 15.3. The van der Waals surface area contributed by atoms with Crippen LogP contribution in [0.15, 0.2) is 33.7 Å². The number of nitrogens with one attached hydrogen (secondary N) is 2. The summed E-state index contributed by atoms with van der Waals surface area (Å²) in [6, 6.07) is 6.89. The molecule has 114 valence electrons. The summed E-state index contributed by atoms with van der Waals surface area (Å²) in [7, 11) is -1.78. The fourth-order valence-corrected chi connectivity index (χ4v) is 3.18. The summed E-state index contributed by atoms with van der Waals surface area (Å²) in [5.41, 5.74) is 0.723. The first-order valence-corrected chi connectivity index (χ1v) is 8.02. The van der Waals surface area contributed by atoms with Crippen LogP contribution in [0.3, 0.4) is 0 Å². The molecule has 2 rings (SSSR count). The highest BCUT2D eigenvalue weighted by Crippen LogP contribution is 2.15. The Hall–Kier alpha value is -1.77. The highest BCUT2D eigenvalue weighted by Gasteiger charge is 2.17. The van der Waals surface area contributed by atoms with E-state index < -0.39 is 10.0 Å². The molecule has 0 radical (unpaired) electrons. The van der Waals surface area contributed by atoms with E-state index in [1.807, 2.05) is 6.07 Å².